The standard InChI is InChI=1S/C23H23N5O3S/c1-4-30-16-7-8-19-20(10-16)26-23(25-19)32-13-21(29)27-22-18(11-24)14(2)15(3)28(22)12-17-6-5-9-31-17/h5-10H,4,12-13H2,1-3H3,(H,25,26)(H,27,29). The molecule has 0 spiro atoms. The Kier molecular flexibility index (Phi) is 6.23. The molecule has 9 heteroatoms. The van der Waals surface area contributed by atoms with E-state index < -0.39 is 0 Å². The van der Waals surface area contributed by atoms with Crippen LogP contribution in [0.5, 0.6) is 5.75 Å². The third-order valence-corrected chi connectivity index (χ3v) is 6.05. The molecule has 3 aromatic heterocycles. The van der Waals surface area contributed by atoms with Crippen LogP contribution in [0.3, 0.4) is 0 Å². The van der Waals surface area contributed by atoms with Crippen molar-refractivity contribution in [2.75, 3.05) is 17.7 Å². The van der Waals surface area contributed by atoms with Crippen molar-refractivity contribution in [1.82, 2.24) is 14.5 Å². The molecule has 0 radical (unpaired) electrons. The summed E-state index contributed by atoms with van der Waals surface area (Å²) in [5, 5.41) is 13.2. The minimum Gasteiger partial charge on any atom is -0.494 e. The number of aromatic nitrogens is 3. The highest BCUT2D eigenvalue weighted by Gasteiger charge is 2.20. The highest BCUT2D eigenvalue weighted by atomic mass is 32.2. The molecule has 1 amide bonds. The van der Waals surface area contributed by atoms with E-state index in [0.29, 0.717) is 29.7 Å². The summed E-state index contributed by atoms with van der Waals surface area (Å²) in [6.07, 6.45) is 1.60. The van der Waals surface area contributed by atoms with Gasteiger partial charge in [-0.15, -0.1) is 0 Å². The van der Waals surface area contributed by atoms with Crippen LogP contribution in [0.15, 0.2) is 46.2 Å². The molecule has 3 heterocycles. The number of furan rings is 1. The Hall–Kier alpha value is -3.64. The number of ether oxygens (including phenoxy) is 1. The normalized spacial score (nSPS) is 10.9. The number of carbonyl (C=O) groups is 1. The van der Waals surface area contributed by atoms with Gasteiger partial charge in [0.25, 0.3) is 0 Å². The number of rotatable bonds is 8. The molecule has 0 atom stereocenters. The van der Waals surface area contributed by atoms with E-state index in [1.54, 1.807) is 6.26 Å². The summed E-state index contributed by atoms with van der Waals surface area (Å²) in [7, 11) is 0. The maximum Gasteiger partial charge on any atom is 0.235 e. The zero-order chi connectivity index (χ0) is 22.7. The predicted molar refractivity (Wildman–Crippen MR) is 123 cm³/mol. The van der Waals surface area contributed by atoms with E-state index in [1.807, 2.05) is 55.7 Å². The molecule has 32 heavy (non-hydrogen) atoms. The smallest absolute Gasteiger partial charge is 0.235 e. The van der Waals surface area contributed by atoms with Gasteiger partial charge in [0.2, 0.25) is 5.91 Å². The van der Waals surface area contributed by atoms with Crippen LogP contribution in [0.25, 0.3) is 11.0 Å². The van der Waals surface area contributed by atoms with E-state index in [-0.39, 0.29) is 11.7 Å². The predicted octanol–water partition coefficient (Wildman–Crippen LogP) is 4.62. The van der Waals surface area contributed by atoms with Gasteiger partial charge in [-0.1, -0.05) is 11.8 Å². The van der Waals surface area contributed by atoms with Crippen molar-refractivity contribution in [2.24, 2.45) is 0 Å². The Morgan fingerprint density at radius 2 is 2.22 bits per heavy atom. The summed E-state index contributed by atoms with van der Waals surface area (Å²) in [6.45, 7) is 6.75. The number of nitrogens with zero attached hydrogens (tertiary/aromatic N) is 3. The molecule has 0 aliphatic carbocycles. The summed E-state index contributed by atoms with van der Waals surface area (Å²) >= 11 is 1.30. The highest BCUT2D eigenvalue weighted by molar-refractivity contribution is 7.99. The lowest BCUT2D eigenvalue weighted by Crippen LogP contribution is -2.18. The topological polar surface area (TPSA) is 109 Å². The summed E-state index contributed by atoms with van der Waals surface area (Å²) in [5.41, 5.74) is 3.86. The van der Waals surface area contributed by atoms with Crippen LogP contribution in [0.4, 0.5) is 5.82 Å². The summed E-state index contributed by atoms with van der Waals surface area (Å²) in [6, 6.07) is 11.5. The zero-order valence-electron chi connectivity index (χ0n) is 18.1. The van der Waals surface area contributed by atoms with Gasteiger partial charge in [0, 0.05) is 11.8 Å². The molecule has 1 aromatic carbocycles. The Morgan fingerprint density at radius 3 is 2.94 bits per heavy atom. The van der Waals surface area contributed by atoms with Gasteiger partial charge in [0.15, 0.2) is 5.16 Å². The third kappa shape index (κ3) is 4.36. The fourth-order valence-electron chi connectivity index (χ4n) is 3.48. The number of fused-ring (bicyclic) bond motifs is 1. The maximum atomic E-state index is 12.7. The van der Waals surface area contributed by atoms with Crippen molar-refractivity contribution in [3.05, 3.63) is 59.2 Å². The number of hydrogen-bond donors (Lipinski definition) is 2. The number of H-pyrrole nitrogens is 1. The number of aromatic amines is 1. The van der Waals surface area contributed by atoms with Crippen LogP contribution in [-0.4, -0.2) is 32.8 Å². The fourth-order valence-corrected chi connectivity index (χ4v) is 4.16. The molecule has 0 aliphatic rings. The Labute approximate surface area is 189 Å². The van der Waals surface area contributed by atoms with Crippen molar-refractivity contribution >= 4 is 34.5 Å². The molecule has 0 fully saturated rings. The van der Waals surface area contributed by atoms with E-state index in [4.69, 9.17) is 9.15 Å². The number of carbonyl (C=O) groups excluding carboxylic acids is 1. The van der Waals surface area contributed by atoms with Crippen molar-refractivity contribution < 1.29 is 13.9 Å². The molecule has 4 rings (SSSR count). The molecular weight excluding hydrogens is 426 g/mol. The van der Waals surface area contributed by atoms with Gasteiger partial charge in [-0.05, 0) is 50.6 Å². The van der Waals surface area contributed by atoms with Crippen LogP contribution in [0, 0.1) is 25.2 Å². The van der Waals surface area contributed by atoms with E-state index in [2.05, 4.69) is 21.4 Å². The first-order valence-electron chi connectivity index (χ1n) is 10.2. The number of nitriles is 1. The Bertz CT molecular complexity index is 1300. The van der Waals surface area contributed by atoms with Gasteiger partial charge in [0.05, 0.1) is 41.8 Å². The molecule has 0 bridgehead atoms. The second-order valence-electron chi connectivity index (χ2n) is 7.20. The molecule has 164 valence electrons. The van der Waals surface area contributed by atoms with Gasteiger partial charge in [-0.3, -0.25) is 4.79 Å². The van der Waals surface area contributed by atoms with Crippen LogP contribution >= 0.6 is 11.8 Å². The molecule has 0 aliphatic heterocycles. The highest BCUT2D eigenvalue weighted by Crippen LogP contribution is 2.28. The van der Waals surface area contributed by atoms with Gasteiger partial charge < -0.3 is 24.0 Å². The van der Waals surface area contributed by atoms with E-state index in [0.717, 1.165) is 33.8 Å². The first kappa shape index (κ1) is 21.6. The average Bonchev–Trinajstić information content (AvgIpc) is 3.48. The lowest BCUT2D eigenvalue weighted by atomic mass is 10.2. The first-order chi connectivity index (χ1) is 15.5. The molecule has 2 N–H and O–H groups in total. The largest absolute Gasteiger partial charge is 0.494 e. The van der Waals surface area contributed by atoms with E-state index in [1.165, 1.54) is 11.8 Å². The Balaban J connectivity index is 1.49. The van der Waals surface area contributed by atoms with Crippen molar-refractivity contribution in [3.8, 4) is 11.8 Å². The lowest BCUT2D eigenvalue weighted by molar-refractivity contribution is -0.113. The zero-order valence-corrected chi connectivity index (χ0v) is 18.9. The van der Waals surface area contributed by atoms with E-state index in [9.17, 15) is 10.1 Å². The van der Waals surface area contributed by atoms with E-state index >= 15 is 0 Å². The van der Waals surface area contributed by atoms with Gasteiger partial charge in [0.1, 0.15) is 23.4 Å². The van der Waals surface area contributed by atoms with Crippen molar-refractivity contribution in [2.45, 2.75) is 32.5 Å². The monoisotopic (exact) mass is 449 g/mol. The lowest BCUT2D eigenvalue weighted by Gasteiger charge is -2.11. The van der Waals surface area contributed by atoms with Crippen LogP contribution in [0.1, 0.15) is 29.5 Å². The summed E-state index contributed by atoms with van der Waals surface area (Å²) < 4.78 is 12.9. The summed E-state index contributed by atoms with van der Waals surface area (Å²) in [5.74, 6) is 1.92. The Morgan fingerprint density at radius 1 is 1.38 bits per heavy atom. The first-order valence-corrected chi connectivity index (χ1v) is 11.2. The number of anilines is 1. The minimum absolute atomic E-state index is 0.146. The van der Waals surface area contributed by atoms with Crippen molar-refractivity contribution in [3.63, 3.8) is 0 Å². The number of benzene rings is 1. The van der Waals surface area contributed by atoms with Crippen LogP contribution < -0.4 is 10.1 Å². The number of thioether (sulfide) groups is 1. The average molecular weight is 450 g/mol. The minimum atomic E-state index is -0.222. The third-order valence-electron chi connectivity index (χ3n) is 5.18. The molecule has 8 nitrogen and oxygen atoms in total. The quantitative estimate of drug-likeness (QED) is 0.380. The van der Waals surface area contributed by atoms with Gasteiger partial charge in [-0.2, -0.15) is 5.26 Å². The van der Waals surface area contributed by atoms with Crippen molar-refractivity contribution in [1.29, 1.82) is 5.26 Å². The molecular formula is C23H23N5O3S. The SMILES string of the molecule is CCOc1ccc2nc(SCC(=O)Nc3c(C#N)c(C)c(C)n3Cc3ccco3)[nH]c2c1. The maximum absolute atomic E-state index is 12.7. The molecule has 0 saturated heterocycles. The number of nitrogens with one attached hydrogen (secondary N) is 2. The fraction of sp³-hybridized carbons (Fsp3) is 0.261. The number of amides is 1. The number of hydrogen-bond acceptors (Lipinski definition) is 6. The second kappa shape index (κ2) is 9.24. The van der Waals surface area contributed by atoms with Crippen LogP contribution in [0.2, 0.25) is 0 Å². The van der Waals surface area contributed by atoms with Gasteiger partial charge in [-0.25, -0.2) is 4.98 Å². The molecule has 0 unspecified atom stereocenters. The van der Waals surface area contributed by atoms with Crippen LogP contribution in [-0.2, 0) is 11.3 Å². The number of imidazole rings is 1. The summed E-state index contributed by atoms with van der Waals surface area (Å²) in [4.78, 5) is 20.5. The second-order valence-corrected chi connectivity index (χ2v) is 8.17. The molecule has 0 saturated carbocycles. The molecule has 4 aromatic rings. The van der Waals surface area contributed by atoms with Gasteiger partial charge >= 0.3 is 0 Å².